The van der Waals surface area contributed by atoms with Crippen molar-refractivity contribution >= 4 is 29.6 Å². The molecule has 4 rings (SSSR count). The van der Waals surface area contributed by atoms with Crippen molar-refractivity contribution < 1.29 is 37.7 Å². The molecule has 10 heteroatoms. The number of imide groups is 2. The number of anilines is 1. The number of benzene rings is 3. The van der Waals surface area contributed by atoms with Crippen molar-refractivity contribution in [3.8, 4) is 23.0 Å². The summed E-state index contributed by atoms with van der Waals surface area (Å²) in [7, 11) is 0. The van der Waals surface area contributed by atoms with Gasteiger partial charge in [0.05, 0.1) is 25.5 Å². The first-order valence-electron chi connectivity index (χ1n) is 13.9. The van der Waals surface area contributed by atoms with E-state index in [4.69, 9.17) is 18.9 Å². The SMILES string of the molecule is C=CCc1cc(/C=C2\C(=O)NC(=O)N(c3cc(OCC)ccc3OCC)C2=O)cc(OCC)c1OCc1cccc(F)c1. The van der Waals surface area contributed by atoms with Crippen molar-refractivity contribution in [2.75, 3.05) is 24.7 Å². The summed E-state index contributed by atoms with van der Waals surface area (Å²) in [6.45, 7) is 10.3. The Hall–Kier alpha value is -5.12. The van der Waals surface area contributed by atoms with Crippen molar-refractivity contribution in [3.05, 3.63) is 95.3 Å². The van der Waals surface area contributed by atoms with Gasteiger partial charge in [-0.05, 0) is 80.8 Å². The zero-order chi connectivity index (χ0) is 30.9. The largest absolute Gasteiger partial charge is 0.494 e. The van der Waals surface area contributed by atoms with E-state index in [1.165, 1.54) is 24.3 Å². The summed E-state index contributed by atoms with van der Waals surface area (Å²) in [6, 6.07) is 13.3. The third-order valence-electron chi connectivity index (χ3n) is 6.29. The van der Waals surface area contributed by atoms with E-state index in [1.54, 1.807) is 49.4 Å². The number of nitrogens with one attached hydrogen (secondary N) is 1. The van der Waals surface area contributed by atoms with Gasteiger partial charge in [0, 0.05) is 11.6 Å². The molecule has 4 amide bonds. The molecule has 3 aromatic rings. The fraction of sp³-hybridized carbons (Fsp3) is 0.242. The number of ether oxygens (including phenoxy) is 4. The molecule has 1 heterocycles. The minimum Gasteiger partial charge on any atom is -0.494 e. The minimum absolute atomic E-state index is 0.0867. The lowest BCUT2D eigenvalue weighted by atomic mass is 10.0. The molecule has 0 aliphatic carbocycles. The van der Waals surface area contributed by atoms with Crippen LogP contribution >= 0.6 is 0 Å². The molecule has 1 aliphatic rings. The third kappa shape index (κ3) is 7.21. The number of hydrogen-bond acceptors (Lipinski definition) is 7. The van der Waals surface area contributed by atoms with Gasteiger partial charge >= 0.3 is 6.03 Å². The van der Waals surface area contributed by atoms with E-state index >= 15 is 0 Å². The van der Waals surface area contributed by atoms with E-state index in [0.717, 1.165) is 4.90 Å². The molecule has 9 nitrogen and oxygen atoms in total. The number of amides is 4. The summed E-state index contributed by atoms with van der Waals surface area (Å²) in [4.78, 5) is 40.5. The van der Waals surface area contributed by atoms with E-state index in [2.05, 4.69) is 11.9 Å². The van der Waals surface area contributed by atoms with E-state index < -0.39 is 17.8 Å². The lowest BCUT2D eigenvalue weighted by Gasteiger charge is -2.28. The average Bonchev–Trinajstić information content (AvgIpc) is 2.96. The standard InChI is InChI=1S/C33H33FN2O7/c1-5-10-23-15-22(18-29(42-8-4)30(23)43-20-21-11-9-12-24(34)16-21)17-26-31(37)35-33(39)36(32(26)38)27-19-25(40-6-2)13-14-28(27)41-7-3/h5,9,11-19H,1,6-8,10,20H2,2-4H3,(H,35,37,39)/b26-17+. The molecule has 0 spiro atoms. The van der Waals surface area contributed by atoms with Crippen molar-refractivity contribution in [2.45, 2.75) is 33.8 Å². The maximum atomic E-state index is 13.7. The van der Waals surface area contributed by atoms with Crippen LogP contribution in [-0.2, 0) is 22.6 Å². The van der Waals surface area contributed by atoms with Crippen LogP contribution in [0.4, 0.5) is 14.9 Å². The molecular formula is C33H33FN2O7. The summed E-state index contributed by atoms with van der Waals surface area (Å²) >= 11 is 0. The molecule has 0 aromatic heterocycles. The minimum atomic E-state index is -0.912. The highest BCUT2D eigenvalue weighted by molar-refractivity contribution is 6.39. The number of halogens is 1. The average molecular weight is 589 g/mol. The van der Waals surface area contributed by atoms with Crippen LogP contribution in [0.2, 0.25) is 0 Å². The van der Waals surface area contributed by atoms with Gasteiger partial charge in [0.1, 0.15) is 29.5 Å². The molecule has 0 unspecified atom stereocenters. The van der Waals surface area contributed by atoms with Crippen molar-refractivity contribution in [2.24, 2.45) is 0 Å². The van der Waals surface area contributed by atoms with Gasteiger partial charge in [-0.3, -0.25) is 14.9 Å². The van der Waals surface area contributed by atoms with E-state index in [-0.39, 0.29) is 36.0 Å². The number of urea groups is 1. The molecule has 0 bridgehead atoms. The van der Waals surface area contributed by atoms with E-state index in [0.29, 0.717) is 53.6 Å². The van der Waals surface area contributed by atoms with Crippen LogP contribution in [0.3, 0.4) is 0 Å². The second-order valence-corrected chi connectivity index (χ2v) is 9.31. The summed E-state index contributed by atoms with van der Waals surface area (Å²) in [5, 5.41) is 2.24. The molecule has 1 saturated heterocycles. The first-order chi connectivity index (χ1) is 20.8. The zero-order valence-electron chi connectivity index (χ0n) is 24.3. The smallest absolute Gasteiger partial charge is 0.336 e. The van der Waals surface area contributed by atoms with Gasteiger partial charge in [0.25, 0.3) is 11.8 Å². The van der Waals surface area contributed by atoms with Crippen LogP contribution in [0.1, 0.15) is 37.5 Å². The van der Waals surface area contributed by atoms with Gasteiger partial charge in [-0.25, -0.2) is 14.1 Å². The fourth-order valence-corrected chi connectivity index (χ4v) is 4.53. The van der Waals surface area contributed by atoms with Crippen LogP contribution < -0.4 is 29.2 Å². The monoisotopic (exact) mass is 588 g/mol. The molecule has 1 N–H and O–H groups in total. The Morgan fingerprint density at radius 2 is 1.63 bits per heavy atom. The Bertz CT molecular complexity index is 1570. The molecule has 224 valence electrons. The summed E-state index contributed by atoms with van der Waals surface area (Å²) < 4.78 is 36.9. The Morgan fingerprint density at radius 1 is 0.884 bits per heavy atom. The highest BCUT2D eigenvalue weighted by Crippen LogP contribution is 2.37. The Balaban J connectivity index is 1.75. The number of nitrogens with zero attached hydrogens (tertiary/aromatic N) is 1. The molecule has 1 fully saturated rings. The van der Waals surface area contributed by atoms with Gasteiger partial charge in [-0.2, -0.15) is 0 Å². The lowest BCUT2D eigenvalue weighted by Crippen LogP contribution is -2.54. The number of barbiturate groups is 1. The summed E-state index contributed by atoms with van der Waals surface area (Å²) in [6.07, 6.45) is 3.44. The fourth-order valence-electron chi connectivity index (χ4n) is 4.53. The van der Waals surface area contributed by atoms with Crippen molar-refractivity contribution in [3.63, 3.8) is 0 Å². The van der Waals surface area contributed by atoms with Crippen molar-refractivity contribution in [1.29, 1.82) is 0 Å². The van der Waals surface area contributed by atoms with Crippen LogP contribution in [0.5, 0.6) is 23.0 Å². The molecule has 0 atom stereocenters. The van der Waals surface area contributed by atoms with Gasteiger partial charge < -0.3 is 18.9 Å². The molecular weight excluding hydrogens is 555 g/mol. The van der Waals surface area contributed by atoms with Gasteiger partial charge in [0.15, 0.2) is 11.5 Å². The maximum absolute atomic E-state index is 13.7. The number of hydrogen-bond donors (Lipinski definition) is 1. The topological polar surface area (TPSA) is 103 Å². The van der Waals surface area contributed by atoms with Crippen LogP contribution in [-0.4, -0.2) is 37.7 Å². The Morgan fingerprint density at radius 3 is 2.33 bits per heavy atom. The highest BCUT2D eigenvalue weighted by Gasteiger charge is 2.38. The van der Waals surface area contributed by atoms with Crippen LogP contribution in [0, 0.1) is 5.82 Å². The van der Waals surface area contributed by atoms with Crippen LogP contribution in [0.25, 0.3) is 6.08 Å². The number of carbonyl (C=O) groups excluding carboxylic acids is 3. The molecule has 0 radical (unpaired) electrons. The lowest BCUT2D eigenvalue weighted by molar-refractivity contribution is -0.122. The van der Waals surface area contributed by atoms with Crippen molar-refractivity contribution in [1.82, 2.24) is 5.32 Å². The zero-order valence-corrected chi connectivity index (χ0v) is 24.3. The molecule has 3 aromatic carbocycles. The predicted molar refractivity (Wildman–Crippen MR) is 160 cm³/mol. The van der Waals surface area contributed by atoms with E-state index in [1.807, 2.05) is 13.8 Å². The van der Waals surface area contributed by atoms with E-state index in [9.17, 15) is 18.8 Å². The Kier molecular flexibility index (Phi) is 10.2. The number of carbonyl (C=O) groups is 3. The second-order valence-electron chi connectivity index (χ2n) is 9.31. The summed E-state index contributed by atoms with van der Waals surface area (Å²) in [5.41, 5.74) is 1.62. The third-order valence-corrected chi connectivity index (χ3v) is 6.29. The summed E-state index contributed by atoms with van der Waals surface area (Å²) in [5.74, 6) is -0.565. The van der Waals surface area contributed by atoms with Gasteiger partial charge in [0.2, 0.25) is 0 Å². The highest BCUT2D eigenvalue weighted by atomic mass is 19.1. The molecule has 43 heavy (non-hydrogen) atoms. The number of rotatable bonds is 13. The maximum Gasteiger partial charge on any atom is 0.336 e. The van der Waals surface area contributed by atoms with Crippen LogP contribution in [0.15, 0.2) is 72.8 Å². The first-order valence-corrected chi connectivity index (χ1v) is 13.9. The molecule has 1 aliphatic heterocycles. The quantitative estimate of drug-likeness (QED) is 0.149. The normalized spacial score (nSPS) is 14.0. The molecule has 0 saturated carbocycles. The van der Waals surface area contributed by atoms with Gasteiger partial charge in [-0.1, -0.05) is 18.2 Å². The first kappa shape index (κ1) is 30.8. The van der Waals surface area contributed by atoms with Gasteiger partial charge in [-0.15, -0.1) is 6.58 Å². The predicted octanol–water partition coefficient (Wildman–Crippen LogP) is 6.00. The second kappa shape index (κ2) is 14.2. The Labute approximate surface area is 249 Å². The number of allylic oxidation sites excluding steroid dienone is 1.